The number of halogens is 1. The lowest BCUT2D eigenvalue weighted by molar-refractivity contribution is 0.628. The fourth-order valence-corrected chi connectivity index (χ4v) is 5.70. The summed E-state index contributed by atoms with van der Waals surface area (Å²) in [5, 5.41) is 0. The highest BCUT2D eigenvalue weighted by molar-refractivity contribution is 8.03. The molecule has 4 nitrogen and oxygen atoms in total. The van der Waals surface area contributed by atoms with Crippen LogP contribution in [0, 0.1) is 5.82 Å². The first-order chi connectivity index (χ1) is 14.5. The molecule has 30 heavy (non-hydrogen) atoms. The maximum absolute atomic E-state index is 13.9. The second-order valence-corrected chi connectivity index (χ2v) is 10.3. The molecule has 0 fully saturated rings. The van der Waals surface area contributed by atoms with Crippen LogP contribution in [0.2, 0.25) is 0 Å². The molecule has 4 rings (SSSR count). The van der Waals surface area contributed by atoms with Gasteiger partial charge in [-0.25, -0.2) is 18.6 Å². The molecular formula is C23H20FN3OS2. The van der Waals surface area contributed by atoms with Gasteiger partial charge in [0.15, 0.2) is 0 Å². The summed E-state index contributed by atoms with van der Waals surface area (Å²) < 4.78 is 30.9. The van der Waals surface area contributed by atoms with Crippen molar-refractivity contribution in [3.8, 4) is 21.7 Å². The number of pyridine rings is 1. The fourth-order valence-electron chi connectivity index (χ4n) is 3.09. The molecule has 1 N–H and O–H groups in total. The number of hydrogen-bond acceptors (Lipinski definition) is 4. The SMILES string of the molecule is CC(C)=S(=O)(Nc1ncccc1-c1scnc1-c1cccc(F)c1)c1ccccc1. The van der Waals surface area contributed by atoms with Crippen LogP contribution in [0.15, 0.2) is 83.3 Å². The summed E-state index contributed by atoms with van der Waals surface area (Å²) in [5.74, 6) is 0.175. The van der Waals surface area contributed by atoms with E-state index in [-0.39, 0.29) is 5.82 Å². The van der Waals surface area contributed by atoms with Crippen LogP contribution in [0.3, 0.4) is 0 Å². The minimum atomic E-state index is -2.71. The Hall–Kier alpha value is -3.03. The molecule has 0 radical (unpaired) electrons. The van der Waals surface area contributed by atoms with E-state index >= 15 is 0 Å². The summed E-state index contributed by atoms with van der Waals surface area (Å²) in [4.78, 5) is 11.2. The largest absolute Gasteiger partial charge is 0.293 e. The Bertz CT molecular complexity index is 1300. The summed E-state index contributed by atoms with van der Waals surface area (Å²) in [6, 6.07) is 19.4. The third-order valence-corrected chi connectivity index (χ3v) is 8.03. The number of nitrogens with one attached hydrogen (secondary N) is 1. The maximum atomic E-state index is 13.9. The van der Waals surface area contributed by atoms with Gasteiger partial charge in [0.05, 0.1) is 25.8 Å². The smallest absolute Gasteiger partial charge is 0.146 e. The Balaban J connectivity index is 1.84. The summed E-state index contributed by atoms with van der Waals surface area (Å²) in [6.45, 7) is 3.69. The number of rotatable bonds is 5. The molecule has 0 aliphatic rings. The van der Waals surface area contributed by atoms with Gasteiger partial charge in [0, 0.05) is 22.2 Å². The summed E-state index contributed by atoms with van der Waals surface area (Å²) in [7, 11) is -2.71. The standard InChI is InChI=1S/C23H20FN3OS2/c1-16(2)30(28,19-10-4-3-5-11-19)27-23-20(12-7-13-25-23)22-21(26-15-29-22)17-8-6-9-18(24)14-17/h3-15H,1-2H3,(H,25,27,28). The minimum absolute atomic E-state index is 0.320. The predicted molar refractivity (Wildman–Crippen MR) is 124 cm³/mol. The topological polar surface area (TPSA) is 54.9 Å². The van der Waals surface area contributed by atoms with E-state index in [0.29, 0.717) is 22.0 Å². The quantitative estimate of drug-likeness (QED) is 0.396. The van der Waals surface area contributed by atoms with Gasteiger partial charge in [0.1, 0.15) is 11.6 Å². The molecule has 1 atom stereocenters. The Morgan fingerprint density at radius 1 is 1.00 bits per heavy atom. The van der Waals surface area contributed by atoms with E-state index in [0.717, 1.165) is 15.3 Å². The van der Waals surface area contributed by atoms with Crippen molar-refractivity contribution in [3.05, 3.63) is 84.3 Å². The van der Waals surface area contributed by atoms with E-state index in [1.165, 1.54) is 23.5 Å². The van der Waals surface area contributed by atoms with Gasteiger partial charge >= 0.3 is 0 Å². The van der Waals surface area contributed by atoms with Gasteiger partial charge in [-0.1, -0.05) is 30.3 Å². The van der Waals surface area contributed by atoms with E-state index < -0.39 is 9.71 Å². The van der Waals surface area contributed by atoms with Gasteiger partial charge in [-0.3, -0.25) is 4.72 Å². The molecule has 0 amide bonds. The molecule has 0 saturated carbocycles. The number of benzene rings is 2. The van der Waals surface area contributed by atoms with E-state index in [4.69, 9.17) is 0 Å². The molecule has 0 saturated heterocycles. The first-order valence-corrected chi connectivity index (χ1v) is 11.7. The lowest BCUT2D eigenvalue weighted by Crippen LogP contribution is -2.20. The maximum Gasteiger partial charge on any atom is 0.146 e. The third kappa shape index (κ3) is 3.86. The van der Waals surface area contributed by atoms with Crippen LogP contribution in [0.5, 0.6) is 0 Å². The monoisotopic (exact) mass is 437 g/mol. The second kappa shape index (κ2) is 8.38. The summed E-state index contributed by atoms with van der Waals surface area (Å²) >= 11 is 1.43. The van der Waals surface area contributed by atoms with Crippen molar-refractivity contribution in [2.75, 3.05) is 4.72 Å². The molecule has 0 aliphatic heterocycles. The highest BCUT2D eigenvalue weighted by Crippen LogP contribution is 2.38. The van der Waals surface area contributed by atoms with Crippen molar-refractivity contribution in [3.63, 3.8) is 0 Å². The Morgan fingerprint density at radius 3 is 2.53 bits per heavy atom. The van der Waals surface area contributed by atoms with Gasteiger partial charge in [-0.05, 0) is 55.1 Å². The molecule has 1 unspecified atom stereocenters. The van der Waals surface area contributed by atoms with Gasteiger partial charge in [-0.15, -0.1) is 11.3 Å². The molecular weight excluding hydrogens is 417 g/mol. The molecule has 0 spiro atoms. The van der Waals surface area contributed by atoms with Crippen LogP contribution >= 0.6 is 11.3 Å². The molecule has 2 heterocycles. The van der Waals surface area contributed by atoms with Crippen LogP contribution in [-0.4, -0.2) is 19.0 Å². The van der Waals surface area contributed by atoms with E-state index in [1.54, 1.807) is 17.8 Å². The van der Waals surface area contributed by atoms with Crippen LogP contribution in [0.25, 0.3) is 21.7 Å². The number of hydrogen-bond donors (Lipinski definition) is 1. The molecule has 0 bridgehead atoms. The summed E-state index contributed by atoms with van der Waals surface area (Å²) in [6.07, 6.45) is 1.66. The zero-order chi connectivity index (χ0) is 21.1. The van der Waals surface area contributed by atoms with Crippen molar-refractivity contribution in [2.24, 2.45) is 0 Å². The average Bonchev–Trinajstić information content (AvgIpc) is 3.24. The molecule has 4 aromatic rings. The Kier molecular flexibility index (Phi) is 5.65. The van der Waals surface area contributed by atoms with Crippen LogP contribution < -0.4 is 4.72 Å². The van der Waals surface area contributed by atoms with Crippen molar-refractivity contribution >= 4 is 31.7 Å². The molecule has 7 heteroatoms. The molecule has 0 aliphatic carbocycles. The molecule has 2 aromatic carbocycles. The van der Waals surface area contributed by atoms with E-state index in [1.807, 2.05) is 62.4 Å². The van der Waals surface area contributed by atoms with Crippen LogP contribution in [0.4, 0.5) is 10.2 Å². The first kappa shape index (κ1) is 20.3. The van der Waals surface area contributed by atoms with Gasteiger partial charge < -0.3 is 0 Å². The zero-order valence-corrected chi connectivity index (χ0v) is 18.1. The summed E-state index contributed by atoms with van der Waals surface area (Å²) in [5.41, 5.74) is 3.84. The van der Waals surface area contributed by atoms with Crippen LogP contribution in [-0.2, 0) is 9.71 Å². The number of anilines is 1. The Morgan fingerprint density at radius 2 is 1.80 bits per heavy atom. The predicted octanol–water partition coefficient (Wildman–Crippen LogP) is 5.89. The highest BCUT2D eigenvalue weighted by atomic mass is 32.2. The fraction of sp³-hybridized carbons (Fsp3) is 0.0870. The molecule has 152 valence electrons. The van der Waals surface area contributed by atoms with Crippen molar-refractivity contribution < 1.29 is 8.60 Å². The van der Waals surface area contributed by atoms with Crippen molar-refractivity contribution in [2.45, 2.75) is 18.7 Å². The van der Waals surface area contributed by atoms with E-state index in [2.05, 4.69) is 14.7 Å². The van der Waals surface area contributed by atoms with Crippen molar-refractivity contribution in [1.82, 2.24) is 9.97 Å². The van der Waals surface area contributed by atoms with Crippen molar-refractivity contribution in [1.29, 1.82) is 0 Å². The lowest BCUT2D eigenvalue weighted by Gasteiger charge is -2.18. The second-order valence-electron chi connectivity index (χ2n) is 6.82. The van der Waals surface area contributed by atoms with Gasteiger partial charge in [0.2, 0.25) is 0 Å². The third-order valence-electron chi connectivity index (χ3n) is 4.61. The van der Waals surface area contributed by atoms with E-state index in [9.17, 15) is 8.60 Å². The number of nitrogens with zero attached hydrogens (tertiary/aromatic N) is 2. The number of thiazole rings is 1. The Labute approximate surface area is 179 Å². The normalized spacial score (nSPS) is 12.9. The first-order valence-electron chi connectivity index (χ1n) is 9.31. The lowest BCUT2D eigenvalue weighted by atomic mass is 10.1. The minimum Gasteiger partial charge on any atom is -0.293 e. The zero-order valence-electron chi connectivity index (χ0n) is 16.5. The molecule has 2 aromatic heterocycles. The number of aromatic nitrogens is 2. The van der Waals surface area contributed by atoms with Crippen LogP contribution in [0.1, 0.15) is 13.8 Å². The highest BCUT2D eigenvalue weighted by Gasteiger charge is 2.19. The van der Waals surface area contributed by atoms with Gasteiger partial charge in [-0.2, -0.15) is 0 Å². The average molecular weight is 438 g/mol. The van der Waals surface area contributed by atoms with Gasteiger partial charge in [0.25, 0.3) is 0 Å².